The highest BCUT2D eigenvalue weighted by atomic mass is 16.8. The van der Waals surface area contributed by atoms with Crippen molar-refractivity contribution in [3.05, 3.63) is 24.2 Å². The summed E-state index contributed by atoms with van der Waals surface area (Å²) in [4.78, 5) is 27.0. The normalized spacial score (nSPS) is 54.8. The molecule has 1 aromatic rings. The number of carbonyl (C=O) groups excluding carboxylic acids is 2. The SMILES string of the molecule is C[C@@]12C[C@@H](c3ccoc3)OC(=O)[C@@H]1CC[C@]1(C)[C@H]2[C@H]2OC(=O)[C@]1(O[C@@H]1O[C@H](CO)[C@@H](O)[C@@H](O)[C@H]1O)[C@H]1O[C@@H]21. The molecule has 0 amide bonds. The number of esters is 2. The Morgan fingerprint density at radius 1 is 1.05 bits per heavy atom. The molecule has 0 spiro atoms. The van der Waals surface area contributed by atoms with Gasteiger partial charge in [-0.2, -0.15) is 0 Å². The molecule has 12 nitrogen and oxygen atoms in total. The van der Waals surface area contributed by atoms with E-state index < -0.39 is 90.0 Å². The van der Waals surface area contributed by atoms with E-state index in [-0.39, 0.29) is 11.9 Å². The first kappa shape index (κ1) is 24.9. The minimum atomic E-state index is -1.70. The van der Waals surface area contributed by atoms with Crippen molar-refractivity contribution in [1.29, 1.82) is 0 Å². The van der Waals surface area contributed by atoms with E-state index in [0.29, 0.717) is 19.3 Å². The highest BCUT2D eigenvalue weighted by molar-refractivity contribution is 5.86. The Hall–Kier alpha value is -2.06. The maximum atomic E-state index is 13.7. The fraction of sp³-hybridized carbons (Fsp3) is 0.769. The quantitative estimate of drug-likeness (QED) is 0.289. The third-order valence-corrected chi connectivity index (χ3v) is 10.4. The first-order chi connectivity index (χ1) is 18.1. The lowest BCUT2D eigenvalue weighted by atomic mass is 9.41. The molecule has 7 fully saturated rings. The summed E-state index contributed by atoms with van der Waals surface area (Å²) in [5, 5.41) is 41.0. The standard InChI is InChI=1S/C26H32O12/c1-24-7-12(10-4-6-33-9-10)34-21(31)11(24)3-5-25(2)19(24)17-18-20(36-18)26(25,23(32)37-17)38-22-16(30)15(29)14(28)13(8-27)35-22/h4,6,9,11-20,22,27-30H,3,5,7-8H2,1-2H3/t11-,12-,13+,14+,15+,16+,17-,18-,19-,20-,22-,24+,25+,26+/m0/s1. The second-order valence-corrected chi connectivity index (χ2v) is 12.1. The Morgan fingerprint density at radius 2 is 1.84 bits per heavy atom. The summed E-state index contributed by atoms with van der Waals surface area (Å²) < 4.78 is 35.1. The lowest BCUT2D eigenvalue weighted by molar-refractivity contribution is -0.365. The van der Waals surface area contributed by atoms with Crippen LogP contribution in [0.5, 0.6) is 0 Å². The van der Waals surface area contributed by atoms with Gasteiger partial charge in [0.1, 0.15) is 48.8 Å². The van der Waals surface area contributed by atoms with Crippen LogP contribution in [0.15, 0.2) is 23.0 Å². The minimum absolute atomic E-state index is 0.308. The number of furan rings is 1. The van der Waals surface area contributed by atoms with Crippen LogP contribution in [0.1, 0.15) is 44.8 Å². The fourth-order valence-electron chi connectivity index (χ4n) is 8.50. The van der Waals surface area contributed by atoms with Gasteiger partial charge in [0.15, 0.2) is 6.29 Å². The van der Waals surface area contributed by atoms with E-state index >= 15 is 0 Å². The van der Waals surface area contributed by atoms with Gasteiger partial charge in [-0.1, -0.05) is 13.8 Å². The van der Waals surface area contributed by atoms with Gasteiger partial charge in [-0.05, 0) is 30.7 Å². The molecule has 2 aliphatic carbocycles. The Labute approximate surface area is 217 Å². The van der Waals surface area contributed by atoms with Gasteiger partial charge in [-0.25, -0.2) is 4.79 Å². The van der Waals surface area contributed by atoms with Crippen molar-refractivity contribution < 1.29 is 58.1 Å². The predicted molar refractivity (Wildman–Crippen MR) is 121 cm³/mol. The monoisotopic (exact) mass is 536 g/mol. The Kier molecular flexibility index (Phi) is 5.25. The lowest BCUT2D eigenvalue weighted by Gasteiger charge is -2.67. The number of fused-ring (bicyclic) bond motifs is 2. The van der Waals surface area contributed by atoms with Crippen LogP contribution in [0.25, 0.3) is 0 Å². The molecule has 5 aliphatic heterocycles. The molecular formula is C26H32O12. The molecule has 208 valence electrons. The van der Waals surface area contributed by atoms with Gasteiger partial charge in [0.2, 0.25) is 5.60 Å². The van der Waals surface area contributed by atoms with Crippen molar-refractivity contribution in [3.63, 3.8) is 0 Å². The molecule has 0 unspecified atom stereocenters. The number of aliphatic hydroxyl groups is 4. The van der Waals surface area contributed by atoms with Gasteiger partial charge in [0, 0.05) is 16.9 Å². The summed E-state index contributed by atoms with van der Waals surface area (Å²) in [7, 11) is 0. The van der Waals surface area contributed by atoms with Crippen molar-refractivity contribution in [2.45, 2.75) is 93.8 Å². The van der Waals surface area contributed by atoms with Gasteiger partial charge < -0.3 is 48.5 Å². The molecule has 14 atom stereocenters. The average Bonchev–Trinajstić information content (AvgIpc) is 3.51. The molecule has 0 aromatic carbocycles. The van der Waals surface area contributed by atoms with Gasteiger partial charge in [0.25, 0.3) is 0 Å². The van der Waals surface area contributed by atoms with Gasteiger partial charge in [-0.15, -0.1) is 0 Å². The van der Waals surface area contributed by atoms with E-state index in [1.54, 1.807) is 12.3 Å². The number of epoxide rings is 1. The number of ether oxygens (including phenoxy) is 5. The number of carbonyl (C=O) groups is 2. The van der Waals surface area contributed by atoms with Gasteiger partial charge >= 0.3 is 11.9 Å². The molecular weight excluding hydrogens is 504 g/mol. The fourth-order valence-corrected chi connectivity index (χ4v) is 8.50. The van der Waals surface area contributed by atoms with Crippen LogP contribution in [0.2, 0.25) is 0 Å². The average molecular weight is 537 g/mol. The number of hydrogen-bond acceptors (Lipinski definition) is 12. The van der Waals surface area contributed by atoms with Crippen LogP contribution < -0.4 is 0 Å². The number of aliphatic hydroxyl groups excluding tert-OH is 4. The van der Waals surface area contributed by atoms with E-state index in [1.807, 2.05) is 13.8 Å². The maximum absolute atomic E-state index is 13.7. The second kappa shape index (κ2) is 8.00. The van der Waals surface area contributed by atoms with E-state index in [0.717, 1.165) is 5.56 Å². The smallest absolute Gasteiger partial charge is 0.342 e. The summed E-state index contributed by atoms with van der Waals surface area (Å²) in [5.41, 5.74) is -2.51. The van der Waals surface area contributed by atoms with E-state index in [2.05, 4.69) is 0 Å². The number of rotatable bonds is 4. The summed E-state index contributed by atoms with van der Waals surface area (Å²) in [6.07, 6.45) is -5.53. The van der Waals surface area contributed by atoms with Crippen LogP contribution in [0.4, 0.5) is 0 Å². The van der Waals surface area contributed by atoms with Crippen LogP contribution >= 0.6 is 0 Å². The molecule has 12 heteroatoms. The largest absolute Gasteiger partial charge is 0.472 e. The van der Waals surface area contributed by atoms with Gasteiger partial charge in [0.05, 0.1) is 25.1 Å². The zero-order valence-electron chi connectivity index (χ0n) is 21.0. The van der Waals surface area contributed by atoms with Crippen molar-refractivity contribution in [2.75, 3.05) is 6.61 Å². The molecule has 38 heavy (non-hydrogen) atoms. The topological polar surface area (TPSA) is 178 Å². The van der Waals surface area contributed by atoms with Crippen molar-refractivity contribution in [1.82, 2.24) is 0 Å². The van der Waals surface area contributed by atoms with Crippen LogP contribution in [-0.2, 0) is 33.3 Å². The first-order valence-corrected chi connectivity index (χ1v) is 13.1. The van der Waals surface area contributed by atoms with Crippen molar-refractivity contribution in [2.24, 2.45) is 22.7 Å². The molecule has 8 rings (SSSR count). The summed E-state index contributed by atoms with van der Waals surface area (Å²) >= 11 is 0. The van der Waals surface area contributed by atoms with Crippen molar-refractivity contribution >= 4 is 11.9 Å². The van der Waals surface area contributed by atoms with Crippen LogP contribution in [0, 0.1) is 22.7 Å². The number of cyclic esters (lactones) is 1. The summed E-state index contributed by atoms with van der Waals surface area (Å²) in [5.74, 6) is -1.74. The second-order valence-electron chi connectivity index (χ2n) is 12.1. The van der Waals surface area contributed by atoms with E-state index in [9.17, 15) is 30.0 Å². The minimum Gasteiger partial charge on any atom is -0.472 e. The Morgan fingerprint density at radius 3 is 2.55 bits per heavy atom. The van der Waals surface area contributed by atoms with E-state index in [1.165, 1.54) is 6.26 Å². The summed E-state index contributed by atoms with van der Waals surface area (Å²) in [6, 6.07) is 1.76. The molecule has 5 saturated heterocycles. The zero-order chi connectivity index (χ0) is 26.8. The van der Waals surface area contributed by atoms with E-state index in [4.69, 9.17) is 28.1 Å². The molecule has 1 aromatic heterocycles. The lowest BCUT2D eigenvalue weighted by Crippen LogP contribution is -2.79. The Balaban J connectivity index is 1.29. The Bertz CT molecular complexity index is 1140. The van der Waals surface area contributed by atoms with Crippen LogP contribution in [-0.4, -0.2) is 93.6 Å². The molecule has 2 saturated carbocycles. The van der Waals surface area contributed by atoms with Gasteiger partial charge in [-0.3, -0.25) is 4.79 Å². The third-order valence-electron chi connectivity index (χ3n) is 10.4. The maximum Gasteiger partial charge on any atom is 0.342 e. The van der Waals surface area contributed by atoms with Crippen LogP contribution in [0.3, 0.4) is 0 Å². The number of hydrogen-bond donors (Lipinski definition) is 4. The molecule has 6 heterocycles. The molecule has 0 radical (unpaired) electrons. The molecule has 2 bridgehead atoms. The predicted octanol–water partition coefficient (Wildman–Crippen LogP) is -0.432. The highest BCUT2D eigenvalue weighted by Gasteiger charge is 2.86. The summed E-state index contributed by atoms with van der Waals surface area (Å²) in [6.45, 7) is 3.33. The first-order valence-electron chi connectivity index (χ1n) is 13.1. The highest BCUT2D eigenvalue weighted by Crippen LogP contribution is 2.73. The molecule has 7 aliphatic rings. The third kappa shape index (κ3) is 2.94. The van der Waals surface area contributed by atoms with Crippen molar-refractivity contribution in [3.8, 4) is 0 Å². The zero-order valence-corrected chi connectivity index (χ0v) is 21.0. The molecule has 4 N–H and O–H groups in total.